The van der Waals surface area contributed by atoms with Crippen LogP contribution in [0.25, 0.3) is 0 Å². The fraction of sp³-hybridized carbons (Fsp3) is 0.348. The van der Waals surface area contributed by atoms with Crippen molar-refractivity contribution in [1.82, 2.24) is 4.90 Å². The molecule has 0 unspecified atom stereocenters. The zero-order valence-electron chi connectivity index (χ0n) is 17.1. The zero-order valence-corrected chi connectivity index (χ0v) is 17.1. The van der Waals surface area contributed by atoms with E-state index in [2.05, 4.69) is 22.7 Å². The van der Waals surface area contributed by atoms with Crippen LogP contribution in [-0.4, -0.2) is 41.2 Å². The summed E-state index contributed by atoms with van der Waals surface area (Å²) in [5, 5.41) is 9.84. The van der Waals surface area contributed by atoms with E-state index in [1.807, 2.05) is 54.6 Å². The van der Waals surface area contributed by atoms with Crippen LogP contribution in [0.5, 0.6) is 0 Å². The first kappa shape index (κ1) is 19.9. The van der Waals surface area contributed by atoms with Crippen molar-refractivity contribution in [3.63, 3.8) is 0 Å². The third-order valence-corrected chi connectivity index (χ3v) is 5.57. The van der Waals surface area contributed by atoms with Gasteiger partial charge in [0.25, 0.3) is 5.91 Å². The Kier molecular flexibility index (Phi) is 5.70. The molecule has 30 heavy (non-hydrogen) atoms. The van der Waals surface area contributed by atoms with Gasteiger partial charge in [-0.3, -0.25) is 4.79 Å². The molecule has 0 bridgehead atoms. The minimum absolute atomic E-state index is 0.163. The minimum Gasteiger partial charge on any atom is -0.386 e. The lowest BCUT2D eigenvalue weighted by Gasteiger charge is -2.38. The number of likely N-dealkylation sites (tertiary alicyclic amines) is 1. The van der Waals surface area contributed by atoms with E-state index < -0.39 is 5.60 Å². The lowest BCUT2D eigenvalue weighted by atomic mass is 9.88. The van der Waals surface area contributed by atoms with Gasteiger partial charge < -0.3 is 20.4 Å². The van der Waals surface area contributed by atoms with Crippen molar-refractivity contribution >= 4 is 29.0 Å². The summed E-state index contributed by atoms with van der Waals surface area (Å²) < 4.78 is 0. The number of nitrogens with one attached hydrogen (secondary N) is 2. The Morgan fingerprint density at radius 2 is 1.80 bits per heavy atom. The van der Waals surface area contributed by atoms with Gasteiger partial charge in [0.15, 0.2) is 5.60 Å². The Bertz CT molecular complexity index is 943. The molecule has 7 nitrogen and oxygen atoms in total. The van der Waals surface area contributed by atoms with E-state index in [4.69, 9.17) is 4.84 Å². The first-order chi connectivity index (χ1) is 14.6. The lowest BCUT2D eigenvalue weighted by molar-refractivity contribution is -0.110. The molecule has 0 radical (unpaired) electrons. The number of rotatable bonds is 4. The molecular weight excluding hydrogens is 380 g/mol. The molecule has 2 aromatic carbocycles. The highest BCUT2D eigenvalue weighted by molar-refractivity contribution is 6.43. The highest BCUT2D eigenvalue weighted by Gasteiger charge is 2.45. The maximum atomic E-state index is 12.8. The number of carbonyl (C=O) groups excluding carboxylic acids is 2. The summed E-state index contributed by atoms with van der Waals surface area (Å²) in [4.78, 5) is 32.8. The molecule has 2 heterocycles. The van der Waals surface area contributed by atoms with Gasteiger partial charge >= 0.3 is 6.03 Å². The van der Waals surface area contributed by atoms with Crippen molar-refractivity contribution in [1.29, 1.82) is 0 Å². The van der Waals surface area contributed by atoms with Crippen LogP contribution in [-0.2, 0) is 16.1 Å². The maximum Gasteiger partial charge on any atom is 0.321 e. The Balaban J connectivity index is 1.35. The highest BCUT2D eigenvalue weighted by atomic mass is 16.7. The second-order valence-corrected chi connectivity index (χ2v) is 7.81. The fourth-order valence-electron chi connectivity index (χ4n) is 3.88. The summed E-state index contributed by atoms with van der Waals surface area (Å²) >= 11 is 0. The zero-order chi connectivity index (χ0) is 21.0. The van der Waals surface area contributed by atoms with Crippen LogP contribution in [0.2, 0.25) is 0 Å². The summed E-state index contributed by atoms with van der Waals surface area (Å²) in [5.41, 5.74) is 2.43. The third-order valence-electron chi connectivity index (χ3n) is 5.57. The summed E-state index contributed by atoms with van der Waals surface area (Å²) in [7, 11) is 0. The quantitative estimate of drug-likeness (QED) is 0.804. The van der Waals surface area contributed by atoms with E-state index in [0.717, 1.165) is 24.9 Å². The lowest BCUT2D eigenvalue weighted by Crippen LogP contribution is -2.52. The van der Waals surface area contributed by atoms with Gasteiger partial charge in [-0.2, -0.15) is 0 Å². The van der Waals surface area contributed by atoms with E-state index in [1.165, 1.54) is 5.56 Å². The van der Waals surface area contributed by atoms with Crippen molar-refractivity contribution in [3.05, 3.63) is 60.2 Å². The molecule has 3 amide bonds. The first-order valence-electron chi connectivity index (χ1n) is 10.3. The smallest absolute Gasteiger partial charge is 0.321 e. The van der Waals surface area contributed by atoms with Gasteiger partial charge in [0.05, 0.1) is 6.54 Å². The van der Waals surface area contributed by atoms with E-state index in [-0.39, 0.29) is 11.9 Å². The number of hydrogen-bond acceptors (Lipinski definition) is 4. The number of nitrogens with zero attached hydrogens (tertiary/aromatic N) is 2. The van der Waals surface area contributed by atoms with Crippen molar-refractivity contribution in [3.8, 4) is 0 Å². The summed E-state index contributed by atoms with van der Waals surface area (Å²) in [6.07, 6.45) is 2.90. The van der Waals surface area contributed by atoms with Gasteiger partial charge in [0.1, 0.15) is 5.71 Å². The molecule has 2 N–H and O–H groups in total. The van der Waals surface area contributed by atoms with Gasteiger partial charge in [-0.05, 0) is 49.1 Å². The predicted molar refractivity (Wildman–Crippen MR) is 117 cm³/mol. The number of benzene rings is 2. The van der Waals surface area contributed by atoms with Crippen LogP contribution in [0.1, 0.15) is 31.7 Å². The fourth-order valence-corrected chi connectivity index (χ4v) is 3.88. The molecular formula is C23H26N4O3. The number of urea groups is 1. The first-order valence-corrected chi connectivity index (χ1v) is 10.3. The summed E-state index contributed by atoms with van der Waals surface area (Å²) in [5.74, 6) is -0.268. The predicted octanol–water partition coefficient (Wildman–Crippen LogP) is 4.03. The molecule has 1 saturated heterocycles. The third kappa shape index (κ3) is 4.45. The monoisotopic (exact) mass is 406 g/mol. The van der Waals surface area contributed by atoms with Gasteiger partial charge in [0.2, 0.25) is 0 Å². The molecule has 0 aliphatic carbocycles. The Hall–Kier alpha value is -3.35. The minimum atomic E-state index is -0.634. The van der Waals surface area contributed by atoms with E-state index in [9.17, 15) is 9.59 Å². The number of para-hydroxylation sites is 1. The number of anilines is 2. The normalized spacial score (nSPS) is 20.4. The van der Waals surface area contributed by atoms with Crippen LogP contribution in [0, 0.1) is 0 Å². The number of piperidine rings is 1. The van der Waals surface area contributed by atoms with Gasteiger partial charge in [-0.1, -0.05) is 42.4 Å². The second kappa shape index (κ2) is 8.57. The average Bonchev–Trinajstić information content (AvgIpc) is 3.18. The average molecular weight is 406 g/mol. The Labute approximate surface area is 176 Å². The van der Waals surface area contributed by atoms with Gasteiger partial charge in [0, 0.05) is 24.3 Å². The SMILES string of the molecule is CCc1ccc(NC(=O)N2CCC[C@@]3(CC(C(=O)Nc4ccccc4)=NO3)C2)cc1. The molecule has 2 aliphatic rings. The maximum absolute atomic E-state index is 12.8. The standard InChI is InChI=1S/C23H26N4O3/c1-2-17-9-11-19(12-10-17)25-22(29)27-14-6-13-23(16-27)15-20(26-30-23)21(28)24-18-7-4-3-5-8-18/h3-5,7-12H,2,6,13-16H2,1H3,(H,24,28)(H,25,29)/t23-/m1/s1. The number of carbonyl (C=O) groups is 2. The molecule has 7 heteroatoms. The summed E-state index contributed by atoms with van der Waals surface area (Å²) in [6.45, 7) is 3.14. The van der Waals surface area contributed by atoms with E-state index >= 15 is 0 Å². The van der Waals surface area contributed by atoms with Crippen LogP contribution < -0.4 is 10.6 Å². The molecule has 0 aromatic heterocycles. The van der Waals surface area contributed by atoms with Crippen LogP contribution in [0.15, 0.2) is 59.8 Å². The van der Waals surface area contributed by atoms with Crippen molar-refractivity contribution in [2.45, 2.75) is 38.2 Å². The molecule has 1 fully saturated rings. The van der Waals surface area contributed by atoms with Crippen molar-refractivity contribution < 1.29 is 14.4 Å². The van der Waals surface area contributed by atoms with E-state index in [1.54, 1.807) is 4.90 Å². The van der Waals surface area contributed by atoms with Gasteiger partial charge in [-0.25, -0.2) is 4.79 Å². The second-order valence-electron chi connectivity index (χ2n) is 7.81. The van der Waals surface area contributed by atoms with Crippen molar-refractivity contribution in [2.24, 2.45) is 5.16 Å². The molecule has 4 rings (SSSR count). The molecule has 156 valence electrons. The number of hydrogen-bond donors (Lipinski definition) is 2. The van der Waals surface area contributed by atoms with Crippen molar-refractivity contribution in [2.75, 3.05) is 23.7 Å². The van der Waals surface area contributed by atoms with Crippen LogP contribution >= 0.6 is 0 Å². The topological polar surface area (TPSA) is 83.0 Å². The number of aryl methyl sites for hydroxylation is 1. The Morgan fingerprint density at radius 1 is 1.07 bits per heavy atom. The Morgan fingerprint density at radius 3 is 2.53 bits per heavy atom. The van der Waals surface area contributed by atoms with Crippen LogP contribution in [0.4, 0.5) is 16.2 Å². The van der Waals surface area contributed by atoms with Gasteiger partial charge in [-0.15, -0.1) is 0 Å². The molecule has 1 spiro atoms. The molecule has 0 saturated carbocycles. The number of oxime groups is 1. The largest absolute Gasteiger partial charge is 0.386 e. The highest BCUT2D eigenvalue weighted by Crippen LogP contribution is 2.34. The molecule has 2 aliphatic heterocycles. The van der Waals surface area contributed by atoms with Crippen LogP contribution in [0.3, 0.4) is 0 Å². The van der Waals surface area contributed by atoms with E-state index in [0.29, 0.717) is 30.9 Å². The number of amides is 3. The molecule has 1 atom stereocenters. The summed E-state index contributed by atoms with van der Waals surface area (Å²) in [6, 6.07) is 16.9. The molecule has 2 aromatic rings.